The largest absolute Gasteiger partial charge is 0.465 e. The summed E-state index contributed by atoms with van der Waals surface area (Å²) in [5.74, 6) is -2.37. The van der Waals surface area contributed by atoms with E-state index in [1.165, 1.54) is 0 Å². The summed E-state index contributed by atoms with van der Waals surface area (Å²) in [6.45, 7) is 3.08. The molecule has 0 spiro atoms. The summed E-state index contributed by atoms with van der Waals surface area (Å²) in [4.78, 5) is 24.2. The minimum Gasteiger partial charge on any atom is -0.465 e. The van der Waals surface area contributed by atoms with Crippen LogP contribution in [0.2, 0.25) is 0 Å². The van der Waals surface area contributed by atoms with E-state index in [-0.39, 0.29) is 19.8 Å². The van der Waals surface area contributed by atoms with Gasteiger partial charge in [0.05, 0.1) is 12.4 Å². The van der Waals surface area contributed by atoms with Crippen molar-refractivity contribution in [2.24, 2.45) is 0 Å². The van der Waals surface area contributed by atoms with Gasteiger partial charge >= 0.3 is 12.1 Å². The topological polar surface area (TPSA) is 140 Å². The van der Waals surface area contributed by atoms with Gasteiger partial charge in [0.15, 0.2) is 7.29 Å². The molecule has 0 fully saturated rings. The molecule has 0 aliphatic heterocycles. The molecule has 40 heavy (non-hydrogen) atoms. The number of aryl methyl sites for hydroxylation is 1. The van der Waals surface area contributed by atoms with Gasteiger partial charge in [-0.05, 0) is 37.1 Å². The van der Waals surface area contributed by atoms with Gasteiger partial charge in [0.25, 0.3) is 0 Å². The third kappa shape index (κ3) is 9.31. The van der Waals surface area contributed by atoms with Crippen molar-refractivity contribution in [1.29, 1.82) is 0 Å². The van der Waals surface area contributed by atoms with Crippen LogP contribution >= 0.6 is 7.29 Å². The summed E-state index contributed by atoms with van der Waals surface area (Å²) in [6.07, 6.45) is -0.764. The fourth-order valence-electron chi connectivity index (χ4n) is 3.77. The summed E-state index contributed by atoms with van der Waals surface area (Å²) < 4.78 is 53.8. The normalized spacial score (nSPS) is 13.6. The number of sulfonamides is 1. The molecular formula is C28H34N3O7PS. The Kier molecular flexibility index (Phi) is 11.5. The molecule has 0 radical (unpaired) electrons. The molecular weight excluding hydrogens is 553 g/mol. The Balaban J connectivity index is 1.79. The van der Waals surface area contributed by atoms with Crippen LogP contribution in [0.25, 0.3) is 0 Å². The van der Waals surface area contributed by atoms with Gasteiger partial charge in [0.1, 0.15) is 18.9 Å². The van der Waals surface area contributed by atoms with Crippen molar-refractivity contribution in [2.45, 2.75) is 26.2 Å². The second-order valence-corrected chi connectivity index (χ2v) is 13.4. The number of carbonyl (C=O) groups excluding carboxylic acids is 2. The quantitative estimate of drug-likeness (QED) is 0.192. The van der Waals surface area contributed by atoms with Crippen LogP contribution in [0.3, 0.4) is 0 Å². The summed E-state index contributed by atoms with van der Waals surface area (Å²) in [6, 6.07) is 24.3. The van der Waals surface area contributed by atoms with Crippen LogP contribution < -0.4 is 20.4 Å². The Morgan fingerprint density at radius 3 is 2.15 bits per heavy atom. The molecule has 214 valence electrons. The van der Waals surface area contributed by atoms with E-state index in [0.29, 0.717) is 10.9 Å². The minimum absolute atomic E-state index is 0.0413. The SMILES string of the molecule is CCOC(=O)CNP(=O)(c1ccc(C)cc1)[C@@H](NS(=O)(=O)CCNC(=O)OCc1ccccc1)c1ccccc1. The zero-order valence-electron chi connectivity index (χ0n) is 22.4. The molecule has 0 aliphatic rings. The van der Waals surface area contributed by atoms with E-state index in [9.17, 15) is 22.6 Å². The number of hydrogen-bond acceptors (Lipinski definition) is 7. The Hall–Kier alpha value is -3.50. The van der Waals surface area contributed by atoms with Gasteiger partial charge < -0.3 is 14.8 Å². The van der Waals surface area contributed by atoms with E-state index in [0.717, 1.165) is 11.1 Å². The second-order valence-electron chi connectivity index (χ2n) is 8.87. The first-order valence-electron chi connectivity index (χ1n) is 12.7. The summed E-state index contributed by atoms with van der Waals surface area (Å²) in [5.41, 5.74) is 2.14. The lowest BCUT2D eigenvalue weighted by Crippen LogP contribution is -2.40. The van der Waals surface area contributed by atoms with Gasteiger partial charge in [-0.1, -0.05) is 78.4 Å². The molecule has 12 heteroatoms. The average Bonchev–Trinajstić information content (AvgIpc) is 2.95. The maximum atomic E-state index is 14.7. The number of amides is 1. The highest BCUT2D eigenvalue weighted by atomic mass is 32.2. The van der Waals surface area contributed by atoms with Gasteiger partial charge in [-0.15, -0.1) is 0 Å². The monoisotopic (exact) mass is 587 g/mol. The first-order chi connectivity index (χ1) is 19.1. The molecule has 0 aliphatic carbocycles. The van der Waals surface area contributed by atoms with Gasteiger partial charge in [-0.25, -0.2) is 13.2 Å². The Bertz CT molecular complexity index is 1400. The molecule has 3 rings (SSSR count). The number of ether oxygens (including phenoxy) is 2. The lowest BCUT2D eigenvalue weighted by atomic mass is 10.2. The van der Waals surface area contributed by atoms with Crippen LogP contribution in [0.5, 0.6) is 0 Å². The third-order valence-electron chi connectivity index (χ3n) is 5.80. The number of benzene rings is 3. The molecule has 0 saturated carbocycles. The molecule has 2 atom stereocenters. The zero-order valence-corrected chi connectivity index (χ0v) is 24.1. The summed E-state index contributed by atoms with van der Waals surface area (Å²) in [5, 5.41) is 5.57. The number of carbonyl (C=O) groups is 2. The van der Waals surface area contributed by atoms with Crippen LogP contribution in [0.15, 0.2) is 84.9 Å². The first kappa shape index (κ1) is 31.0. The van der Waals surface area contributed by atoms with Crippen LogP contribution in [-0.4, -0.2) is 45.9 Å². The lowest BCUT2D eigenvalue weighted by Gasteiger charge is -2.30. The van der Waals surface area contributed by atoms with E-state index in [1.54, 1.807) is 73.7 Å². The van der Waals surface area contributed by atoms with E-state index >= 15 is 0 Å². The minimum atomic E-state index is -4.09. The van der Waals surface area contributed by atoms with Crippen molar-refractivity contribution in [1.82, 2.24) is 15.1 Å². The highest BCUT2D eigenvalue weighted by Gasteiger charge is 2.39. The fraction of sp³-hybridized carbons (Fsp3) is 0.286. The maximum Gasteiger partial charge on any atom is 0.407 e. The van der Waals surface area contributed by atoms with Crippen molar-refractivity contribution in [3.05, 3.63) is 102 Å². The number of esters is 1. The highest BCUT2D eigenvalue weighted by molar-refractivity contribution is 7.90. The summed E-state index contributed by atoms with van der Waals surface area (Å²) >= 11 is 0. The lowest BCUT2D eigenvalue weighted by molar-refractivity contribution is -0.141. The van der Waals surface area contributed by atoms with Gasteiger partial charge in [0.2, 0.25) is 10.0 Å². The zero-order chi connectivity index (χ0) is 29.0. The first-order valence-corrected chi connectivity index (χ1v) is 16.1. The van der Waals surface area contributed by atoms with E-state index in [4.69, 9.17) is 9.47 Å². The maximum absolute atomic E-state index is 14.7. The molecule has 0 heterocycles. The van der Waals surface area contributed by atoms with Crippen LogP contribution in [0.4, 0.5) is 4.79 Å². The molecule has 1 amide bonds. The fourth-order valence-corrected chi connectivity index (χ4v) is 8.02. The van der Waals surface area contributed by atoms with Crippen molar-refractivity contribution >= 4 is 34.7 Å². The van der Waals surface area contributed by atoms with Crippen molar-refractivity contribution in [3.63, 3.8) is 0 Å². The highest BCUT2D eigenvalue weighted by Crippen LogP contribution is 2.53. The number of nitrogens with one attached hydrogen (secondary N) is 3. The number of hydrogen-bond donors (Lipinski definition) is 3. The van der Waals surface area contributed by atoms with Crippen molar-refractivity contribution in [2.75, 3.05) is 25.4 Å². The van der Waals surface area contributed by atoms with Crippen LogP contribution in [-0.2, 0) is 35.5 Å². The van der Waals surface area contributed by atoms with E-state index < -0.39 is 47.5 Å². The van der Waals surface area contributed by atoms with Gasteiger partial charge in [-0.2, -0.15) is 4.72 Å². The Labute approximate surface area is 235 Å². The number of alkyl carbamates (subject to hydrolysis) is 1. The van der Waals surface area contributed by atoms with Crippen LogP contribution in [0, 0.1) is 6.92 Å². The Morgan fingerprint density at radius 1 is 0.900 bits per heavy atom. The summed E-state index contributed by atoms with van der Waals surface area (Å²) in [7, 11) is -7.94. The molecule has 3 aromatic carbocycles. The van der Waals surface area contributed by atoms with Gasteiger partial charge in [0, 0.05) is 11.8 Å². The van der Waals surface area contributed by atoms with Crippen LogP contribution in [0.1, 0.15) is 29.4 Å². The predicted octanol–water partition coefficient (Wildman–Crippen LogP) is 3.60. The molecule has 3 N–H and O–H groups in total. The van der Waals surface area contributed by atoms with E-state index in [2.05, 4.69) is 15.1 Å². The van der Waals surface area contributed by atoms with Crippen molar-refractivity contribution < 1.29 is 32.0 Å². The molecule has 3 aromatic rings. The molecule has 1 unspecified atom stereocenters. The van der Waals surface area contributed by atoms with Crippen molar-refractivity contribution in [3.8, 4) is 0 Å². The van der Waals surface area contributed by atoms with E-state index in [1.807, 2.05) is 25.1 Å². The third-order valence-corrected chi connectivity index (χ3v) is 10.2. The second kappa shape index (κ2) is 14.8. The molecule has 0 aromatic heterocycles. The number of rotatable bonds is 14. The predicted molar refractivity (Wildman–Crippen MR) is 154 cm³/mol. The molecule has 0 saturated heterocycles. The molecule has 0 bridgehead atoms. The smallest absolute Gasteiger partial charge is 0.407 e. The average molecular weight is 588 g/mol. The molecule has 10 nitrogen and oxygen atoms in total. The Morgan fingerprint density at radius 2 is 1.52 bits per heavy atom. The van der Waals surface area contributed by atoms with Gasteiger partial charge in [-0.3, -0.25) is 14.4 Å². The standard InChI is InChI=1S/C28H34N3O7PS/c1-3-37-26(32)20-30-39(34,25-16-14-22(2)15-17-25)27(24-12-8-5-9-13-24)31-40(35,36)19-18-29-28(33)38-21-23-10-6-4-7-11-23/h4-17,27,31H,3,18-21H2,1-2H3,(H,29,33)(H,30,34)/t27-,39?/m1/s1.